The molecule has 0 aliphatic rings. The van der Waals surface area contributed by atoms with Gasteiger partial charge in [-0.25, -0.2) is 0 Å². The summed E-state index contributed by atoms with van der Waals surface area (Å²) < 4.78 is 4.87. The lowest BCUT2D eigenvalue weighted by molar-refractivity contribution is -0.142. The van der Waals surface area contributed by atoms with Crippen LogP contribution in [0.5, 0.6) is 0 Å². The summed E-state index contributed by atoms with van der Waals surface area (Å²) in [6.07, 6.45) is 2.18. The van der Waals surface area contributed by atoms with Gasteiger partial charge in [0.1, 0.15) is 0 Å². The third kappa shape index (κ3) is 3.88. The number of anilines is 1. The first-order valence-corrected chi connectivity index (χ1v) is 5.43. The topological polar surface area (TPSA) is 42.4 Å². The van der Waals surface area contributed by atoms with Gasteiger partial charge in [0.05, 0.1) is 13.0 Å². The van der Waals surface area contributed by atoms with E-state index in [9.17, 15) is 4.79 Å². The van der Waals surface area contributed by atoms with Crippen molar-refractivity contribution in [3.63, 3.8) is 0 Å². The predicted molar refractivity (Wildman–Crippen MR) is 63.5 cm³/mol. The Kier molecular flexibility index (Phi) is 4.76. The highest BCUT2D eigenvalue weighted by Crippen LogP contribution is 2.12. The van der Waals surface area contributed by atoms with E-state index in [1.165, 1.54) is 0 Å². The number of carbonyl (C=O) groups is 1. The van der Waals surface area contributed by atoms with Gasteiger partial charge in [-0.1, -0.05) is 0 Å². The molecular weight excluding hydrogens is 204 g/mol. The standard InChI is InChI=1S/C12H18N2O2/c1-4-16-12(15)6-8-14(3)11-5-7-13-10(2)9-11/h5,7,9H,4,6,8H2,1-3H3. The first-order valence-electron chi connectivity index (χ1n) is 5.43. The fourth-order valence-corrected chi connectivity index (χ4v) is 1.39. The molecule has 1 aromatic rings. The SMILES string of the molecule is CCOC(=O)CCN(C)c1ccnc(C)c1. The van der Waals surface area contributed by atoms with E-state index in [-0.39, 0.29) is 5.97 Å². The maximum absolute atomic E-state index is 11.2. The number of nitrogens with zero attached hydrogens (tertiary/aromatic N) is 2. The summed E-state index contributed by atoms with van der Waals surface area (Å²) in [7, 11) is 1.95. The summed E-state index contributed by atoms with van der Waals surface area (Å²) in [5.41, 5.74) is 2.04. The van der Waals surface area contributed by atoms with Crippen LogP contribution in [0.3, 0.4) is 0 Å². The molecule has 16 heavy (non-hydrogen) atoms. The number of aromatic nitrogens is 1. The molecule has 0 spiro atoms. The molecule has 0 saturated carbocycles. The number of rotatable bonds is 5. The van der Waals surface area contributed by atoms with Crippen LogP contribution in [-0.2, 0) is 9.53 Å². The van der Waals surface area contributed by atoms with E-state index in [0.717, 1.165) is 11.4 Å². The van der Waals surface area contributed by atoms with Crippen molar-refractivity contribution in [2.24, 2.45) is 0 Å². The van der Waals surface area contributed by atoms with Crippen LogP contribution in [-0.4, -0.2) is 31.2 Å². The molecule has 0 bridgehead atoms. The molecular formula is C12H18N2O2. The van der Waals surface area contributed by atoms with Crippen LogP contribution in [0.4, 0.5) is 5.69 Å². The monoisotopic (exact) mass is 222 g/mol. The molecule has 4 nitrogen and oxygen atoms in total. The van der Waals surface area contributed by atoms with E-state index >= 15 is 0 Å². The Bertz CT molecular complexity index is 353. The van der Waals surface area contributed by atoms with Crippen LogP contribution in [0, 0.1) is 6.92 Å². The lowest BCUT2D eigenvalue weighted by Crippen LogP contribution is -2.22. The quantitative estimate of drug-likeness (QED) is 0.712. The maximum atomic E-state index is 11.2. The molecule has 1 rings (SSSR count). The molecule has 1 aromatic heterocycles. The van der Waals surface area contributed by atoms with Crippen LogP contribution in [0.2, 0.25) is 0 Å². The van der Waals surface area contributed by atoms with Crippen LogP contribution >= 0.6 is 0 Å². The molecule has 0 fully saturated rings. The number of pyridine rings is 1. The van der Waals surface area contributed by atoms with Crippen molar-refractivity contribution >= 4 is 11.7 Å². The van der Waals surface area contributed by atoms with Gasteiger partial charge >= 0.3 is 5.97 Å². The number of esters is 1. The van der Waals surface area contributed by atoms with Gasteiger partial charge in [-0.2, -0.15) is 0 Å². The highest BCUT2D eigenvalue weighted by molar-refractivity contribution is 5.70. The van der Waals surface area contributed by atoms with Crippen molar-refractivity contribution in [1.29, 1.82) is 0 Å². The lowest BCUT2D eigenvalue weighted by Gasteiger charge is -2.18. The molecule has 0 aromatic carbocycles. The molecule has 88 valence electrons. The third-order valence-corrected chi connectivity index (χ3v) is 2.28. The van der Waals surface area contributed by atoms with Gasteiger partial charge < -0.3 is 9.64 Å². The van der Waals surface area contributed by atoms with E-state index in [2.05, 4.69) is 4.98 Å². The number of aryl methyl sites for hydroxylation is 1. The Labute approximate surface area is 96.2 Å². The minimum Gasteiger partial charge on any atom is -0.466 e. The number of ether oxygens (including phenoxy) is 1. The Morgan fingerprint density at radius 1 is 1.56 bits per heavy atom. The molecule has 1 heterocycles. The molecule has 0 radical (unpaired) electrons. The van der Waals surface area contributed by atoms with E-state index in [1.54, 1.807) is 6.20 Å². The maximum Gasteiger partial charge on any atom is 0.307 e. The van der Waals surface area contributed by atoms with Crippen LogP contribution < -0.4 is 4.90 Å². The molecule has 0 unspecified atom stereocenters. The average molecular weight is 222 g/mol. The van der Waals surface area contributed by atoms with E-state index in [0.29, 0.717) is 19.6 Å². The minimum absolute atomic E-state index is 0.153. The molecule has 0 N–H and O–H groups in total. The Balaban J connectivity index is 2.46. The summed E-state index contributed by atoms with van der Waals surface area (Å²) in [4.78, 5) is 17.3. The van der Waals surface area contributed by atoms with E-state index < -0.39 is 0 Å². The van der Waals surface area contributed by atoms with Crippen molar-refractivity contribution in [3.8, 4) is 0 Å². The summed E-state index contributed by atoms with van der Waals surface area (Å²) in [6.45, 7) is 4.86. The molecule has 0 amide bonds. The third-order valence-electron chi connectivity index (χ3n) is 2.28. The van der Waals surface area contributed by atoms with Crippen LogP contribution in [0.25, 0.3) is 0 Å². The minimum atomic E-state index is -0.153. The van der Waals surface area contributed by atoms with Crippen molar-refractivity contribution in [2.75, 3.05) is 25.1 Å². The average Bonchev–Trinajstić information content (AvgIpc) is 2.26. The second kappa shape index (κ2) is 6.10. The first kappa shape index (κ1) is 12.5. The molecule has 0 aliphatic carbocycles. The summed E-state index contributed by atoms with van der Waals surface area (Å²) in [5, 5.41) is 0. The van der Waals surface area contributed by atoms with Crippen molar-refractivity contribution < 1.29 is 9.53 Å². The Hall–Kier alpha value is -1.58. The predicted octanol–water partition coefficient (Wildman–Crippen LogP) is 1.78. The summed E-state index contributed by atoms with van der Waals surface area (Å²) in [6, 6.07) is 3.92. The van der Waals surface area contributed by atoms with Gasteiger partial charge in [0, 0.05) is 31.2 Å². The summed E-state index contributed by atoms with van der Waals surface area (Å²) in [5.74, 6) is -0.153. The lowest BCUT2D eigenvalue weighted by atomic mass is 10.3. The zero-order valence-corrected chi connectivity index (χ0v) is 10.1. The van der Waals surface area contributed by atoms with Crippen molar-refractivity contribution in [3.05, 3.63) is 24.0 Å². The second-order valence-electron chi connectivity index (χ2n) is 3.63. The fourth-order valence-electron chi connectivity index (χ4n) is 1.39. The van der Waals surface area contributed by atoms with Gasteiger partial charge in [0.25, 0.3) is 0 Å². The normalized spacial score (nSPS) is 9.94. The van der Waals surface area contributed by atoms with E-state index in [1.807, 2.05) is 37.9 Å². The van der Waals surface area contributed by atoms with Crippen molar-refractivity contribution in [1.82, 2.24) is 4.98 Å². The smallest absolute Gasteiger partial charge is 0.307 e. The van der Waals surface area contributed by atoms with Crippen LogP contribution in [0.15, 0.2) is 18.3 Å². The highest BCUT2D eigenvalue weighted by atomic mass is 16.5. The largest absolute Gasteiger partial charge is 0.466 e. The van der Waals surface area contributed by atoms with Gasteiger partial charge in [0.15, 0.2) is 0 Å². The number of hydrogen-bond donors (Lipinski definition) is 0. The molecule has 0 aliphatic heterocycles. The zero-order valence-electron chi connectivity index (χ0n) is 10.1. The number of carbonyl (C=O) groups excluding carboxylic acids is 1. The molecule has 0 saturated heterocycles. The Morgan fingerprint density at radius 3 is 2.94 bits per heavy atom. The van der Waals surface area contributed by atoms with Gasteiger partial charge in [-0.3, -0.25) is 9.78 Å². The molecule has 4 heteroatoms. The highest BCUT2D eigenvalue weighted by Gasteiger charge is 2.05. The van der Waals surface area contributed by atoms with Gasteiger partial charge in [-0.15, -0.1) is 0 Å². The molecule has 0 atom stereocenters. The van der Waals surface area contributed by atoms with E-state index in [4.69, 9.17) is 4.74 Å². The van der Waals surface area contributed by atoms with Crippen LogP contribution in [0.1, 0.15) is 19.0 Å². The Morgan fingerprint density at radius 2 is 2.31 bits per heavy atom. The second-order valence-corrected chi connectivity index (χ2v) is 3.63. The first-order chi connectivity index (χ1) is 7.63. The fraction of sp³-hybridized carbons (Fsp3) is 0.500. The van der Waals surface area contributed by atoms with Gasteiger partial charge in [-0.05, 0) is 26.0 Å². The van der Waals surface area contributed by atoms with Crippen molar-refractivity contribution in [2.45, 2.75) is 20.3 Å². The zero-order chi connectivity index (χ0) is 12.0. The summed E-state index contributed by atoms with van der Waals surface area (Å²) >= 11 is 0. The number of hydrogen-bond acceptors (Lipinski definition) is 4. The van der Waals surface area contributed by atoms with Gasteiger partial charge in [0.2, 0.25) is 0 Å².